The topological polar surface area (TPSA) is 98.8 Å². The molecule has 0 saturated carbocycles. The lowest BCUT2D eigenvalue weighted by Crippen LogP contribution is -2.56. The number of aryl methyl sites for hydroxylation is 1. The minimum Gasteiger partial charge on any atom is -0.342 e. The van der Waals surface area contributed by atoms with Crippen molar-refractivity contribution in [2.75, 3.05) is 11.9 Å². The summed E-state index contributed by atoms with van der Waals surface area (Å²) in [5.41, 5.74) is 3.91. The molecule has 3 amide bonds. The Bertz CT molecular complexity index is 1530. The highest BCUT2D eigenvalue weighted by atomic mass is 35.5. The number of amides is 3. The van der Waals surface area contributed by atoms with Gasteiger partial charge in [0.1, 0.15) is 12.1 Å². The molecule has 8 nitrogen and oxygen atoms in total. The fourth-order valence-corrected chi connectivity index (χ4v) is 6.15. The third-order valence-corrected chi connectivity index (χ3v) is 9.02. The smallest absolute Gasteiger partial charge is 0.246 e. The molecule has 0 bridgehead atoms. The molecule has 9 heteroatoms. The van der Waals surface area contributed by atoms with Crippen LogP contribution >= 0.6 is 11.6 Å². The van der Waals surface area contributed by atoms with Gasteiger partial charge in [0.15, 0.2) is 5.78 Å². The molecule has 46 heavy (non-hydrogen) atoms. The summed E-state index contributed by atoms with van der Waals surface area (Å²) in [6.07, 6.45) is 0.719. The standard InChI is InChI=1S/C37H45ClN4O4/c1-24(2)41(25(3)4)20-19-32(36(45)39-30-15-16-31(38)26(5)21-30)40-37(46)33-22-28-13-9-10-14-29(28)23-42(33)35(44)18-17-34(43)27-11-7-6-8-12-27/h6-16,21,24-25,32-33H,17-20,22-23H2,1-5H3,(H,39,45)(H,40,46)/t32-,33-/m0/s1. The number of nitrogens with zero attached hydrogens (tertiary/aromatic N) is 2. The van der Waals surface area contributed by atoms with Gasteiger partial charge in [-0.05, 0) is 75.9 Å². The van der Waals surface area contributed by atoms with Gasteiger partial charge >= 0.3 is 0 Å². The van der Waals surface area contributed by atoms with Gasteiger partial charge in [0, 0.05) is 60.7 Å². The van der Waals surface area contributed by atoms with E-state index >= 15 is 0 Å². The molecule has 0 aliphatic carbocycles. The number of hydrogen-bond acceptors (Lipinski definition) is 5. The third-order valence-electron chi connectivity index (χ3n) is 8.59. The molecule has 0 aromatic heterocycles. The first-order valence-electron chi connectivity index (χ1n) is 16.0. The summed E-state index contributed by atoms with van der Waals surface area (Å²) in [7, 11) is 0. The van der Waals surface area contributed by atoms with Crippen LogP contribution in [0.4, 0.5) is 5.69 Å². The Morgan fingerprint density at radius 2 is 1.54 bits per heavy atom. The van der Waals surface area contributed by atoms with E-state index in [-0.39, 0.29) is 49.1 Å². The van der Waals surface area contributed by atoms with Crippen molar-refractivity contribution in [1.29, 1.82) is 0 Å². The van der Waals surface area contributed by atoms with Crippen LogP contribution < -0.4 is 10.6 Å². The van der Waals surface area contributed by atoms with Crippen LogP contribution in [-0.4, -0.2) is 64.0 Å². The second kappa shape index (κ2) is 16.0. The van der Waals surface area contributed by atoms with Crippen molar-refractivity contribution in [3.63, 3.8) is 0 Å². The number of nitrogens with one attached hydrogen (secondary N) is 2. The molecule has 3 aromatic rings. The van der Waals surface area contributed by atoms with Gasteiger partial charge in [-0.1, -0.05) is 66.2 Å². The van der Waals surface area contributed by atoms with Gasteiger partial charge in [0.25, 0.3) is 0 Å². The van der Waals surface area contributed by atoms with Crippen molar-refractivity contribution in [2.24, 2.45) is 0 Å². The molecular formula is C37H45ClN4O4. The molecule has 244 valence electrons. The first-order valence-corrected chi connectivity index (χ1v) is 16.4. The van der Waals surface area contributed by atoms with Gasteiger partial charge in [-0.25, -0.2) is 0 Å². The van der Waals surface area contributed by atoms with Gasteiger partial charge in [0.05, 0.1) is 0 Å². The first kappa shape index (κ1) is 34.9. The van der Waals surface area contributed by atoms with Crippen LogP contribution in [-0.2, 0) is 27.3 Å². The second-order valence-corrected chi connectivity index (χ2v) is 12.9. The zero-order valence-corrected chi connectivity index (χ0v) is 28.1. The van der Waals surface area contributed by atoms with Crippen molar-refractivity contribution in [2.45, 2.75) is 91.0 Å². The molecule has 0 radical (unpaired) electrons. The van der Waals surface area contributed by atoms with E-state index in [0.29, 0.717) is 35.7 Å². The number of benzene rings is 3. The largest absolute Gasteiger partial charge is 0.342 e. The van der Waals surface area contributed by atoms with E-state index in [4.69, 9.17) is 11.6 Å². The highest BCUT2D eigenvalue weighted by Crippen LogP contribution is 2.25. The minimum atomic E-state index is -0.850. The maximum Gasteiger partial charge on any atom is 0.246 e. The Morgan fingerprint density at radius 3 is 2.20 bits per heavy atom. The molecule has 0 unspecified atom stereocenters. The molecule has 0 spiro atoms. The third kappa shape index (κ3) is 9.04. The van der Waals surface area contributed by atoms with Crippen LogP contribution in [0.2, 0.25) is 5.02 Å². The summed E-state index contributed by atoms with van der Waals surface area (Å²) in [6.45, 7) is 11.1. The van der Waals surface area contributed by atoms with Crippen molar-refractivity contribution in [1.82, 2.24) is 15.1 Å². The number of fused-ring (bicyclic) bond motifs is 1. The highest BCUT2D eigenvalue weighted by Gasteiger charge is 2.36. The van der Waals surface area contributed by atoms with Crippen molar-refractivity contribution < 1.29 is 19.2 Å². The molecular weight excluding hydrogens is 600 g/mol. The van der Waals surface area contributed by atoms with Gasteiger partial charge in [-0.2, -0.15) is 0 Å². The molecule has 2 atom stereocenters. The zero-order valence-electron chi connectivity index (χ0n) is 27.4. The average Bonchev–Trinajstić information content (AvgIpc) is 3.04. The van der Waals surface area contributed by atoms with Gasteiger partial charge < -0.3 is 15.5 Å². The number of ketones is 1. The van der Waals surface area contributed by atoms with Crippen molar-refractivity contribution in [3.8, 4) is 0 Å². The van der Waals surface area contributed by atoms with Crippen LogP contribution in [0.15, 0.2) is 72.8 Å². The normalized spacial score (nSPS) is 15.1. The molecule has 3 aromatic carbocycles. The lowest BCUT2D eigenvalue weighted by molar-refractivity contribution is -0.142. The average molecular weight is 645 g/mol. The molecule has 1 heterocycles. The first-order chi connectivity index (χ1) is 21.9. The molecule has 4 rings (SSSR count). The number of rotatable bonds is 13. The van der Waals surface area contributed by atoms with E-state index in [1.54, 1.807) is 47.4 Å². The van der Waals surface area contributed by atoms with Gasteiger partial charge in [0.2, 0.25) is 17.7 Å². The van der Waals surface area contributed by atoms with Gasteiger partial charge in [-0.3, -0.25) is 24.1 Å². The minimum absolute atomic E-state index is 0.0166. The van der Waals surface area contributed by atoms with E-state index < -0.39 is 18.0 Å². The molecule has 1 aliphatic rings. The van der Waals surface area contributed by atoms with E-state index in [0.717, 1.165) is 16.7 Å². The number of Topliss-reactive ketones (excluding diaryl/α,β-unsaturated/α-hetero) is 1. The predicted octanol–water partition coefficient (Wildman–Crippen LogP) is 6.20. The Morgan fingerprint density at radius 1 is 0.891 bits per heavy atom. The monoisotopic (exact) mass is 644 g/mol. The quantitative estimate of drug-likeness (QED) is 0.216. The summed E-state index contributed by atoms with van der Waals surface area (Å²) in [6, 6.07) is 20.7. The summed E-state index contributed by atoms with van der Waals surface area (Å²) in [5, 5.41) is 6.55. The second-order valence-electron chi connectivity index (χ2n) is 12.5. The lowest BCUT2D eigenvalue weighted by Gasteiger charge is -2.37. The number of carbonyl (C=O) groups excluding carboxylic acids is 4. The van der Waals surface area contributed by atoms with Crippen molar-refractivity contribution in [3.05, 3.63) is 100 Å². The van der Waals surface area contributed by atoms with Crippen LogP contribution in [0.25, 0.3) is 0 Å². The Labute approximate surface area is 277 Å². The molecule has 2 N–H and O–H groups in total. The van der Waals surface area contributed by atoms with E-state index in [1.807, 2.05) is 37.3 Å². The van der Waals surface area contributed by atoms with Crippen LogP contribution in [0.5, 0.6) is 0 Å². The van der Waals surface area contributed by atoms with E-state index in [9.17, 15) is 19.2 Å². The van der Waals surface area contributed by atoms with Gasteiger partial charge in [-0.15, -0.1) is 0 Å². The summed E-state index contributed by atoms with van der Waals surface area (Å²) < 4.78 is 0. The fraction of sp³-hybridized carbons (Fsp3) is 0.405. The SMILES string of the molecule is Cc1cc(NC(=O)[C@H](CCN(C(C)C)C(C)C)NC(=O)[C@@H]2Cc3ccccc3CN2C(=O)CCC(=O)c2ccccc2)ccc1Cl. The maximum atomic E-state index is 14.1. The fourth-order valence-electron chi connectivity index (χ4n) is 6.03. The summed E-state index contributed by atoms with van der Waals surface area (Å²) in [4.78, 5) is 58.0. The lowest BCUT2D eigenvalue weighted by atomic mass is 9.92. The Hall–Kier alpha value is -4.01. The Kier molecular flexibility index (Phi) is 12.1. The predicted molar refractivity (Wildman–Crippen MR) is 183 cm³/mol. The van der Waals surface area contributed by atoms with E-state index in [2.05, 4.69) is 43.2 Å². The number of hydrogen-bond donors (Lipinski definition) is 2. The molecule has 0 saturated heterocycles. The Balaban J connectivity index is 1.55. The zero-order chi connectivity index (χ0) is 33.4. The van der Waals surface area contributed by atoms with Crippen LogP contribution in [0.1, 0.15) is 74.0 Å². The number of anilines is 1. The van der Waals surface area contributed by atoms with E-state index in [1.165, 1.54) is 0 Å². The van der Waals surface area contributed by atoms with Crippen molar-refractivity contribution >= 4 is 40.8 Å². The summed E-state index contributed by atoms with van der Waals surface area (Å²) in [5.74, 6) is -1.14. The molecule has 1 aliphatic heterocycles. The summed E-state index contributed by atoms with van der Waals surface area (Å²) >= 11 is 6.20. The van der Waals surface area contributed by atoms with Crippen LogP contribution in [0, 0.1) is 6.92 Å². The number of halogens is 1. The molecule has 0 fully saturated rings. The number of carbonyl (C=O) groups is 4. The van der Waals surface area contributed by atoms with Crippen LogP contribution in [0.3, 0.4) is 0 Å². The highest BCUT2D eigenvalue weighted by molar-refractivity contribution is 6.31. The maximum absolute atomic E-state index is 14.1.